The van der Waals surface area contributed by atoms with Gasteiger partial charge in [0.2, 0.25) is 0 Å². The second-order valence-corrected chi connectivity index (χ2v) is 9.50. The smallest absolute Gasteiger partial charge is 0.293 e. The highest BCUT2D eigenvalue weighted by atomic mass is 32.2. The van der Waals surface area contributed by atoms with E-state index in [9.17, 15) is 9.59 Å². The molecule has 1 aromatic rings. The monoisotopic (exact) mass is 398 g/mol. The Morgan fingerprint density at radius 1 is 1.18 bits per heavy atom. The van der Waals surface area contributed by atoms with E-state index in [-0.39, 0.29) is 16.7 Å². The third-order valence-electron chi connectivity index (χ3n) is 5.38. The molecule has 1 aromatic carbocycles. The van der Waals surface area contributed by atoms with Gasteiger partial charge in [0, 0.05) is 23.8 Å². The molecule has 0 atom stereocenters. The van der Waals surface area contributed by atoms with Gasteiger partial charge in [-0.1, -0.05) is 13.0 Å². The van der Waals surface area contributed by atoms with Crippen LogP contribution in [0.5, 0.6) is 0 Å². The number of carbonyl (C=O) groups excluding carboxylic acids is 2. The summed E-state index contributed by atoms with van der Waals surface area (Å²) in [6.45, 7) is 15.6. The highest BCUT2D eigenvalue weighted by Gasteiger charge is 2.35. The molecular weight excluding hydrogens is 368 g/mol. The summed E-state index contributed by atoms with van der Waals surface area (Å²) in [5.41, 5.74) is 5.72. The zero-order chi connectivity index (χ0) is 20.8. The van der Waals surface area contributed by atoms with Crippen LogP contribution >= 0.6 is 11.8 Å². The summed E-state index contributed by atoms with van der Waals surface area (Å²) < 4.78 is 0. The van der Waals surface area contributed by atoms with Gasteiger partial charge in [0.15, 0.2) is 0 Å². The Bertz CT molecular complexity index is 896. The third-order valence-corrected chi connectivity index (χ3v) is 6.29. The molecule has 4 nitrogen and oxygen atoms in total. The minimum absolute atomic E-state index is 0.0536. The summed E-state index contributed by atoms with van der Waals surface area (Å²) in [6.07, 6.45) is 4.96. The summed E-state index contributed by atoms with van der Waals surface area (Å²) in [6, 6.07) is 4.75. The maximum absolute atomic E-state index is 12.6. The van der Waals surface area contributed by atoms with Crippen LogP contribution in [-0.2, 0) is 4.79 Å². The molecule has 1 fully saturated rings. The van der Waals surface area contributed by atoms with Gasteiger partial charge in [-0.3, -0.25) is 14.5 Å². The van der Waals surface area contributed by atoms with Gasteiger partial charge in [-0.2, -0.15) is 0 Å². The number of imide groups is 1. The van der Waals surface area contributed by atoms with Crippen LogP contribution in [0, 0.1) is 6.92 Å². The molecule has 0 saturated carbocycles. The summed E-state index contributed by atoms with van der Waals surface area (Å²) >= 11 is 1.04. The topological polar surface area (TPSA) is 40.6 Å². The molecule has 28 heavy (non-hydrogen) atoms. The minimum atomic E-state index is -0.175. The van der Waals surface area contributed by atoms with Gasteiger partial charge in [-0.05, 0) is 94.6 Å². The minimum Gasteiger partial charge on any atom is -0.360 e. The van der Waals surface area contributed by atoms with Crippen LogP contribution in [0.25, 0.3) is 11.6 Å². The Hall–Kier alpha value is -2.01. The van der Waals surface area contributed by atoms with Crippen LogP contribution < -0.4 is 4.90 Å². The number of hydrogen-bond donors (Lipinski definition) is 0. The van der Waals surface area contributed by atoms with Crippen molar-refractivity contribution in [2.75, 3.05) is 11.4 Å². The predicted octanol–water partition coefficient (Wildman–Crippen LogP) is 5.85. The summed E-state index contributed by atoms with van der Waals surface area (Å²) in [5.74, 6) is -0.175. The Morgan fingerprint density at radius 3 is 2.46 bits per heavy atom. The maximum atomic E-state index is 12.6. The predicted molar refractivity (Wildman–Crippen MR) is 119 cm³/mol. The number of hydrogen-bond acceptors (Lipinski definition) is 4. The van der Waals surface area contributed by atoms with E-state index in [2.05, 4.69) is 64.7 Å². The molecule has 150 valence electrons. The number of anilines is 1. The van der Waals surface area contributed by atoms with Crippen molar-refractivity contribution in [3.8, 4) is 0 Å². The van der Waals surface area contributed by atoms with Crippen molar-refractivity contribution in [3.63, 3.8) is 0 Å². The molecule has 0 spiro atoms. The van der Waals surface area contributed by atoms with E-state index in [4.69, 9.17) is 0 Å². The van der Waals surface area contributed by atoms with Crippen LogP contribution in [0.3, 0.4) is 0 Å². The standard InChI is InChI=1S/C23H30N2O2S/c1-8-9-24-21(26)20(28-22(24)27)12-17-11-18-16(5)13-23(6,7)25(14(2)3)19(18)10-15(17)4/h10-14H,8-9H2,1-7H3/b20-12-. The van der Waals surface area contributed by atoms with E-state index >= 15 is 0 Å². The quantitative estimate of drug-likeness (QED) is 0.596. The molecule has 5 heteroatoms. The molecule has 0 bridgehead atoms. The van der Waals surface area contributed by atoms with Crippen LogP contribution in [0.2, 0.25) is 0 Å². The van der Waals surface area contributed by atoms with E-state index in [1.807, 2.05) is 13.0 Å². The van der Waals surface area contributed by atoms with Crippen LogP contribution in [0.4, 0.5) is 10.5 Å². The average Bonchev–Trinajstić information content (AvgIpc) is 2.83. The molecule has 2 heterocycles. The Labute approximate surface area is 172 Å². The SMILES string of the molecule is CCCN1C(=O)S/C(=C\c2cc3c(cc2C)N(C(C)C)C(C)(C)C=C3C)C1=O. The molecule has 2 aliphatic heterocycles. The maximum Gasteiger partial charge on any atom is 0.293 e. The first kappa shape index (κ1) is 20.7. The third kappa shape index (κ3) is 3.52. The summed E-state index contributed by atoms with van der Waals surface area (Å²) in [5, 5.41) is -0.169. The fourth-order valence-corrected chi connectivity index (χ4v) is 5.22. The van der Waals surface area contributed by atoms with Crippen LogP contribution in [0.15, 0.2) is 23.1 Å². The molecule has 1 saturated heterocycles. The average molecular weight is 399 g/mol. The normalized spacial score (nSPS) is 20.3. The van der Waals surface area contributed by atoms with Crippen molar-refractivity contribution in [2.45, 2.75) is 66.5 Å². The first-order chi connectivity index (χ1) is 13.1. The first-order valence-electron chi connectivity index (χ1n) is 9.96. The number of fused-ring (bicyclic) bond motifs is 1. The molecule has 0 N–H and O–H groups in total. The van der Waals surface area contributed by atoms with E-state index < -0.39 is 0 Å². The molecule has 2 amide bonds. The van der Waals surface area contributed by atoms with Crippen molar-refractivity contribution >= 4 is 40.2 Å². The molecule has 0 aromatic heterocycles. The van der Waals surface area contributed by atoms with E-state index in [0.717, 1.165) is 29.3 Å². The number of thioether (sulfide) groups is 1. The van der Waals surface area contributed by atoms with Crippen molar-refractivity contribution in [1.82, 2.24) is 4.90 Å². The first-order valence-corrected chi connectivity index (χ1v) is 10.8. The molecular formula is C23H30N2O2S. The number of nitrogens with zero attached hydrogens (tertiary/aromatic N) is 2. The lowest BCUT2D eigenvalue weighted by Gasteiger charge is -2.46. The van der Waals surface area contributed by atoms with Crippen molar-refractivity contribution in [3.05, 3.63) is 39.8 Å². The number of aryl methyl sites for hydroxylation is 1. The van der Waals surface area contributed by atoms with Gasteiger partial charge in [0.05, 0.1) is 10.4 Å². The zero-order valence-corrected chi connectivity index (χ0v) is 18.7. The highest BCUT2D eigenvalue weighted by Crippen LogP contribution is 2.42. The van der Waals surface area contributed by atoms with Gasteiger partial charge < -0.3 is 4.90 Å². The Balaban J connectivity index is 2.07. The zero-order valence-electron chi connectivity index (χ0n) is 17.9. The van der Waals surface area contributed by atoms with Gasteiger partial charge >= 0.3 is 0 Å². The molecule has 2 aliphatic rings. The lowest BCUT2D eigenvalue weighted by atomic mass is 9.86. The molecule has 3 rings (SSSR count). The fraction of sp³-hybridized carbons (Fsp3) is 0.478. The molecule has 0 unspecified atom stereocenters. The van der Waals surface area contributed by atoms with Crippen molar-refractivity contribution in [2.24, 2.45) is 0 Å². The summed E-state index contributed by atoms with van der Waals surface area (Å²) in [7, 11) is 0. The van der Waals surface area contributed by atoms with E-state index in [1.165, 1.54) is 21.7 Å². The number of amides is 2. The van der Waals surface area contributed by atoms with Gasteiger partial charge in [0.25, 0.3) is 11.1 Å². The number of rotatable bonds is 4. The van der Waals surface area contributed by atoms with Crippen LogP contribution in [0.1, 0.15) is 64.7 Å². The molecule has 0 radical (unpaired) electrons. The lowest BCUT2D eigenvalue weighted by Crippen LogP contribution is -2.49. The van der Waals surface area contributed by atoms with Crippen LogP contribution in [-0.4, -0.2) is 34.2 Å². The van der Waals surface area contributed by atoms with Crippen molar-refractivity contribution < 1.29 is 9.59 Å². The van der Waals surface area contributed by atoms with E-state index in [1.54, 1.807) is 0 Å². The Morgan fingerprint density at radius 2 is 1.86 bits per heavy atom. The van der Waals surface area contributed by atoms with Gasteiger partial charge in [0.1, 0.15) is 0 Å². The highest BCUT2D eigenvalue weighted by molar-refractivity contribution is 8.18. The Kier molecular flexibility index (Phi) is 5.50. The second-order valence-electron chi connectivity index (χ2n) is 8.50. The largest absolute Gasteiger partial charge is 0.360 e. The number of carbonyl (C=O) groups is 2. The van der Waals surface area contributed by atoms with Gasteiger partial charge in [-0.25, -0.2) is 0 Å². The number of allylic oxidation sites excluding steroid dienone is 1. The lowest BCUT2D eigenvalue weighted by molar-refractivity contribution is -0.122. The fourth-order valence-electron chi connectivity index (χ4n) is 4.37. The van der Waals surface area contributed by atoms with Crippen molar-refractivity contribution in [1.29, 1.82) is 0 Å². The molecule has 0 aliphatic carbocycles. The van der Waals surface area contributed by atoms with Gasteiger partial charge in [-0.15, -0.1) is 0 Å². The summed E-state index contributed by atoms with van der Waals surface area (Å²) in [4.78, 5) is 29.0. The second kappa shape index (κ2) is 7.43. The van der Waals surface area contributed by atoms with E-state index in [0.29, 0.717) is 17.5 Å². The number of benzene rings is 1.